The number of hydrogen-bond acceptors (Lipinski definition) is 3. The smallest absolute Gasteiger partial charge is 0.216 e. The van der Waals surface area contributed by atoms with Gasteiger partial charge in [-0.05, 0) is 113 Å². The zero-order valence-corrected chi connectivity index (χ0v) is 32.3. The van der Waals surface area contributed by atoms with Crippen LogP contribution in [0.25, 0.3) is 49.9 Å². The van der Waals surface area contributed by atoms with Crippen LogP contribution in [0.4, 0.5) is 0 Å². The molecule has 3 heterocycles. The Balaban J connectivity index is 1.55. The molecule has 1 atom stereocenters. The Morgan fingerprint density at radius 3 is 2.08 bits per heavy atom. The number of benzene rings is 4. The van der Waals surface area contributed by atoms with Crippen LogP contribution in [0.15, 0.2) is 96.1 Å². The minimum absolute atomic E-state index is 0.0306. The number of rotatable bonds is 7. The van der Waals surface area contributed by atoms with Gasteiger partial charge in [-0.1, -0.05) is 104 Å². The van der Waals surface area contributed by atoms with Crippen LogP contribution in [-0.4, -0.2) is 27.6 Å². The van der Waals surface area contributed by atoms with E-state index in [1.54, 1.807) is 0 Å². The fourth-order valence-electron chi connectivity index (χ4n) is 7.47. The monoisotopic (exact) mass is 675 g/mol. The van der Waals surface area contributed by atoms with Gasteiger partial charge in [0.05, 0.1) is 22.3 Å². The molecule has 1 aliphatic rings. The van der Waals surface area contributed by atoms with Crippen LogP contribution < -0.4 is 0 Å². The van der Waals surface area contributed by atoms with E-state index in [-0.39, 0.29) is 11.0 Å². The maximum atomic E-state index is 6.47. The summed E-state index contributed by atoms with van der Waals surface area (Å²) < 4.78 is 8.92. The highest BCUT2D eigenvalue weighted by Crippen LogP contribution is 2.41. The van der Waals surface area contributed by atoms with Crippen molar-refractivity contribution < 1.29 is 4.74 Å². The first-order valence-electron chi connectivity index (χ1n) is 18.7. The molecule has 0 fully saturated rings. The van der Waals surface area contributed by atoms with E-state index in [1.807, 2.05) is 6.20 Å². The molecule has 51 heavy (non-hydrogen) atoms. The van der Waals surface area contributed by atoms with Crippen LogP contribution in [0.5, 0.6) is 0 Å². The van der Waals surface area contributed by atoms with E-state index in [9.17, 15) is 0 Å². The SMILES string of the molecule is Cc1ccc2c(c1)c1ccc(-c3cc(C(C)(C)C)ccn3)cc1n2-c1cc(C2=N[C@](C)(C(C)C)CO2)cc(-c2c(C(C)C)cccc2C(C)C)c1. The lowest BCUT2D eigenvalue weighted by Crippen LogP contribution is -2.30. The summed E-state index contributed by atoms with van der Waals surface area (Å²) in [6, 6.07) is 31.8. The molecule has 7 rings (SSSR count). The van der Waals surface area contributed by atoms with Crippen molar-refractivity contribution in [3.8, 4) is 28.1 Å². The summed E-state index contributed by atoms with van der Waals surface area (Å²) in [5.74, 6) is 1.81. The van der Waals surface area contributed by atoms with Gasteiger partial charge in [0.1, 0.15) is 6.61 Å². The van der Waals surface area contributed by atoms with Gasteiger partial charge in [-0.2, -0.15) is 0 Å². The third kappa shape index (κ3) is 6.28. The fourth-order valence-corrected chi connectivity index (χ4v) is 7.47. The van der Waals surface area contributed by atoms with Crippen LogP contribution in [0.2, 0.25) is 0 Å². The van der Waals surface area contributed by atoms with Gasteiger partial charge in [0.2, 0.25) is 5.90 Å². The number of fused-ring (bicyclic) bond motifs is 3. The summed E-state index contributed by atoms with van der Waals surface area (Å²) in [5, 5.41) is 2.47. The number of aromatic nitrogens is 2. The average Bonchev–Trinajstić information content (AvgIpc) is 3.66. The fraction of sp³-hybridized carbons (Fsp3) is 0.362. The summed E-state index contributed by atoms with van der Waals surface area (Å²) >= 11 is 0. The summed E-state index contributed by atoms with van der Waals surface area (Å²) in [5.41, 5.74) is 14.0. The second-order valence-corrected chi connectivity index (χ2v) is 16.9. The lowest BCUT2D eigenvalue weighted by Gasteiger charge is -2.22. The van der Waals surface area contributed by atoms with Gasteiger partial charge in [0.15, 0.2) is 0 Å². The molecule has 262 valence electrons. The van der Waals surface area contributed by atoms with E-state index in [2.05, 4.69) is 166 Å². The third-order valence-electron chi connectivity index (χ3n) is 11.0. The molecular formula is C47H53N3O. The molecule has 6 aromatic rings. The quantitative estimate of drug-likeness (QED) is 0.169. The van der Waals surface area contributed by atoms with E-state index in [4.69, 9.17) is 14.7 Å². The summed E-state index contributed by atoms with van der Waals surface area (Å²) in [7, 11) is 0. The number of nitrogens with zero attached hydrogens (tertiary/aromatic N) is 3. The van der Waals surface area contributed by atoms with Crippen LogP contribution in [0, 0.1) is 12.8 Å². The van der Waals surface area contributed by atoms with Crippen molar-refractivity contribution >= 4 is 27.7 Å². The van der Waals surface area contributed by atoms with E-state index < -0.39 is 0 Å². The van der Waals surface area contributed by atoms with Crippen molar-refractivity contribution in [3.05, 3.63) is 119 Å². The first-order valence-corrected chi connectivity index (χ1v) is 18.7. The summed E-state index contributed by atoms with van der Waals surface area (Å²) in [6.45, 7) is 25.4. The summed E-state index contributed by atoms with van der Waals surface area (Å²) in [4.78, 5) is 10.1. The van der Waals surface area contributed by atoms with Crippen LogP contribution in [0.3, 0.4) is 0 Å². The van der Waals surface area contributed by atoms with Gasteiger partial charge >= 0.3 is 0 Å². The van der Waals surface area contributed by atoms with Crippen molar-refractivity contribution in [3.63, 3.8) is 0 Å². The van der Waals surface area contributed by atoms with E-state index >= 15 is 0 Å². The van der Waals surface area contributed by atoms with Crippen LogP contribution in [-0.2, 0) is 10.2 Å². The Labute approximate surface area is 304 Å². The van der Waals surface area contributed by atoms with Gasteiger partial charge < -0.3 is 9.30 Å². The zero-order valence-electron chi connectivity index (χ0n) is 32.3. The Kier molecular flexibility index (Phi) is 8.73. The van der Waals surface area contributed by atoms with Crippen molar-refractivity contribution in [1.29, 1.82) is 0 Å². The van der Waals surface area contributed by atoms with E-state index in [1.165, 1.54) is 49.7 Å². The van der Waals surface area contributed by atoms with Gasteiger partial charge in [-0.15, -0.1) is 0 Å². The molecule has 4 nitrogen and oxygen atoms in total. The minimum atomic E-state index is -0.266. The van der Waals surface area contributed by atoms with E-state index in [0.717, 1.165) is 33.9 Å². The summed E-state index contributed by atoms with van der Waals surface area (Å²) in [6.07, 6.45) is 1.94. The van der Waals surface area contributed by atoms with Crippen LogP contribution >= 0.6 is 0 Å². The molecule has 2 aromatic heterocycles. The lowest BCUT2D eigenvalue weighted by atomic mass is 9.84. The largest absolute Gasteiger partial charge is 0.475 e. The lowest BCUT2D eigenvalue weighted by molar-refractivity contribution is 0.224. The molecule has 0 N–H and O–H groups in total. The van der Waals surface area contributed by atoms with Gasteiger partial charge in [0.25, 0.3) is 0 Å². The predicted octanol–water partition coefficient (Wildman–Crippen LogP) is 12.6. The maximum Gasteiger partial charge on any atom is 0.216 e. The van der Waals surface area contributed by atoms with Gasteiger partial charge in [0, 0.05) is 33.8 Å². The number of aryl methyl sites for hydroxylation is 1. The second kappa shape index (κ2) is 12.8. The van der Waals surface area contributed by atoms with Gasteiger partial charge in [-0.25, -0.2) is 4.99 Å². The topological polar surface area (TPSA) is 39.4 Å². The highest BCUT2D eigenvalue weighted by atomic mass is 16.5. The standard InChI is InChI=1S/C47H53N3O/c1-28(2)37-13-12-14-38(29(3)4)44(37)33-22-34(45-49-47(11,27-51-45)30(5)6)24-36(23-33)50-42-18-15-31(7)21-40(42)39-17-16-32(25-43(39)50)41-26-35(19-20-48-41)46(8,9)10/h12-26,28-30H,27H2,1-11H3/t47-/m0/s1. The molecule has 0 radical (unpaired) electrons. The van der Waals surface area contributed by atoms with Gasteiger partial charge in [-0.3, -0.25) is 4.98 Å². The molecule has 0 amide bonds. The van der Waals surface area contributed by atoms with Crippen molar-refractivity contribution in [2.45, 2.75) is 99.0 Å². The Morgan fingerprint density at radius 2 is 1.43 bits per heavy atom. The maximum absolute atomic E-state index is 6.47. The molecule has 0 bridgehead atoms. The highest BCUT2D eigenvalue weighted by molar-refractivity contribution is 6.10. The Bertz CT molecular complexity index is 2290. The second-order valence-electron chi connectivity index (χ2n) is 16.9. The Hall–Kier alpha value is -4.70. The normalized spacial score (nSPS) is 16.5. The number of pyridine rings is 1. The average molecular weight is 676 g/mol. The predicted molar refractivity (Wildman–Crippen MR) is 217 cm³/mol. The molecule has 4 aromatic carbocycles. The number of aliphatic imine (C=N–C) groups is 1. The molecule has 0 saturated carbocycles. The van der Waals surface area contributed by atoms with Crippen molar-refractivity contribution in [1.82, 2.24) is 9.55 Å². The molecular weight excluding hydrogens is 623 g/mol. The number of hydrogen-bond donors (Lipinski definition) is 0. The minimum Gasteiger partial charge on any atom is -0.475 e. The molecule has 0 aliphatic carbocycles. The molecule has 4 heteroatoms. The van der Waals surface area contributed by atoms with Crippen LogP contribution in [0.1, 0.15) is 109 Å². The highest BCUT2D eigenvalue weighted by Gasteiger charge is 2.35. The molecule has 0 saturated heterocycles. The first-order chi connectivity index (χ1) is 24.1. The van der Waals surface area contributed by atoms with Crippen molar-refractivity contribution in [2.75, 3.05) is 6.61 Å². The van der Waals surface area contributed by atoms with E-state index in [0.29, 0.717) is 24.4 Å². The Morgan fingerprint density at radius 1 is 0.725 bits per heavy atom. The first kappa shape index (κ1) is 34.7. The number of ether oxygens (including phenoxy) is 1. The van der Waals surface area contributed by atoms with Crippen molar-refractivity contribution in [2.24, 2.45) is 10.9 Å². The zero-order chi connectivity index (χ0) is 36.4. The molecule has 0 spiro atoms. The third-order valence-corrected chi connectivity index (χ3v) is 11.0. The molecule has 0 unspecified atom stereocenters. The molecule has 1 aliphatic heterocycles.